The lowest BCUT2D eigenvalue weighted by Gasteiger charge is -2.04. The van der Waals surface area contributed by atoms with Crippen molar-refractivity contribution < 1.29 is 4.42 Å². The molecule has 0 bridgehead atoms. The van der Waals surface area contributed by atoms with Crippen LogP contribution in [0.25, 0.3) is 11.1 Å². The summed E-state index contributed by atoms with van der Waals surface area (Å²) in [4.78, 5) is 4.27. The monoisotopic (exact) mass is 211 g/mol. The van der Waals surface area contributed by atoms with Gasteiger partial charge in [-0.05, 0) is 42.2 Å². The summed E-state index contributed by atoms with van der Waals surface area (Å²) in [6.45, 7) is 4.90. The summed E-state index contributed by atoms with van der Waals surface area (Å²) in [6.07, 6.45) is 3.76. The van der Waals surface area contributed by atoms with E-state index < -0.39 is 0 Å². The molecule has 0 atom stereocenters. The van der Waals surface area contributed by atoms with E-state index in [0.29, 0.717) is 0 Å². The summed E-state index contributed by atoms with van der Waals surface area (Å²) in [5.74, 6) is 0.979. The summed E-state index contributed by atoms with van der Waals surface area (Å²) in [5.41, 5.74) is 6.16. The second kappa shape index (κ2) is 3.34. The number of fused-ring (bicyclic) bond motifs is 1. The highest BCUT2D eigenvalue weighted by atomic mass is 16.3. The largest absolute Gasteiger partial charge is 0.469 e. The van der Waals surface area contributed by atoms with E-state index in [1.807, 2.05) is 19.4 Å². The van der Waals surface area contributed by atoms with Gasteiger partial charge < -0.3 is 4.42 Å². The summed E-state index contributed by atoms with van der Waals surface area (Å²) in [6, 6.07) is 6.50. The first kappa shape index (κ1) is 9.40. The molecule has 1 aliphatic rings. The highest BCUT2D eigenvalue weighted by molar-refractivity contribution is 5.87. The summed E-state index contributed by atoms with van der Waals surface area (Å²) in [7, 11) is 0. The van der Waals surface area contributed by atoms with Crippen LogP contribution in [0.4, 0.5) is 0 Å². The van der Waals surface area contributed by atoms with Crippen molar-refractivity contribution in [1.82, 2.24) is 0 Å². The van der Waals surface area contributed by atoms with Gasteiger partial charge in [0.05, 0.1) is 12.8 Å². The van der Waals surface area contributed by atoms with Crippen LogP contribution in [-0.4, -0.2) is 6.21 Å². The molecule has 2 nitrogen and oxygen atoms in total. The molecule has 0 radical (unpaired) electrons. The number of aryl methyl sites for hydroxylation is 2. The molecule has 0 saturated carbocycles. The summed E-state index contributed by atoms with van der Waals surface area (Å²) >= 11 is 0. The Hall–Kier alpha value is -1.83. The summed E-state index contributed by atoms with van der Waals surface area (Å²) < 4.78 is 5.44. The van der Waals surface area contributed by atoms with Crippen LogP contribution < -0.4 is 0 Å². The fraction of sp³-hybridized carbons (Fsp3) is 0.214. The van der Waals surface area contributed by atoms with E-state index in [-0.39, 0.29) is 0 Å². The number of rotatable bonds is 1. The maximum atomic E-state index is 5.44. The first-order valence-corrected chi connectivity index (χ1v) is 5.43. The van der Waals surface area contributed by atoms with Gasteiger partial charge in [0, 0.05) is 11.8 Å². The second-order valence-electron chi connectivity index (χ2n) is 4.23. The minimum Gasteiger partial charge on any atom is -0.469 e. The molecule has 2 heteroatoms. The number of hydrogen-bond donors (Lipinski definition) is 0. The molecule has 0 spiro atoms. The van der Waals surface area contributed by atoms with Crippen LogP contribution in [0.3, 0.4) is 0 Å². The Balaban J connectivity index is 2.17. The van der Waals surface area contributed by atoms with E-state index in [0.717, 1.165) is 12.3 Å². The van der Waals surface area contributed by atoms with Crippen molar-refractivity contribution in [2.24, 2.45) is 4.99 Å². The first-order chi connectivity index (χ1) is 7.75. The average Bonchev–Trinajstić information content (AvgIpc) is 2.85. The van der Waals surface area contributed by atoms with Crippen LogP contribution in [0.15, 0.2) is 33.9 Å². The van der Waals surface area contributed by atoms with Crippen molar-refractivity contribution in [1.29, 1.82) is 0 Å². The summed E-state index contributed by atoms with van der Waals surface area (Å²) in [5, 5.41) is 0. The van der Waals surface area contributed by atoms with E-state index in [1.54, 1.807) is 0 Å². The predicted octanol–water partition coefficient (Wildman–Crippen LogP) is 3.50. The standard InChI is InChI=1S/C14H13NO/c1-9-8-16-10(2)14(9)11-3-4-12-6-15-7-13(12)5-11/h3-5,7-8H,6H2,1-2H3. The van der Waals surface area contributed by atoms with Gasteiger partial charge in [0.2, 0.25) is 0 Å². The molecule has 0 amide bonds. The van der Waals surface area contributed by atoms with Gasteiger partial charge in [-0.15, -0.1) is 0 Å². The van der Waals surface area contributed by atoms with Crippen molar-refractivity contribution in [3.05, 3.63) is 46.9 Å². The van der Waals surface area contributed by atoms with Crippen LogP contribution in [0.5, 0.6) is 0 Å². The normalized spacial score (nSPS) is 13.1. The van der Waals surface area contributed by atoms with Crippen molar-refractivity contribution in [2.75, 3.05) is 0 Å². The zero-order chi connectivity index (χ0) is 11.1. The number of benzene rings is 1. The third-order valence-corrected chi connectivity index (χ3v) is 3.09. The number of furan rings is 1. The van der Waals surface area contributed by atoms with Crippen LogP contribution >= 0.6 is 0 Å². The Kier molecular flexibility index (Phi) is 1.96. The van der Waals surface area contributed by atoms with Gasteiger partial charge in [0.25, 0.3) is 0 Å². The Morgan fingerprint density at radius 1 is 1.25 bits per heavy atom. The van der Waals surface area contributed by atoms with Gasteiger partial charge >= 0.3 is 0 Å². The smallest absolute Gasteiger partial charge is 0.108 e. The van der Waals surface area contributed by atoms with Gasteiger partial charge in [0.1, 0.15) is 5.76 Å². The van der Waals surface area contributed by atoms with E-state index in [9.17, 15) is 0 Å². The molecule has 1 aliphatic heterocycles. The minimum absolute atomic E-state index is 0.818. The van der Waals surface area contributed by atoms with Gasteiger partial charge in [-0.1, -0.05) is 12.1 Å². The average molecular weight is 211 g/mol. The maximum Gasteiger partial charge on any atom is 0.108 e. The highest BCUT2D eigenvalue weighted by Gasteiger charge is 2.12. The Morgan fingerprint density at radius 2 is 2.12 bits per heavy atom. The lowest BCUT2D eigenvalue weighted by atomic mass is 9.98. The quantitative estimate of drug-likeness (QED) is 0.708. The predicted molar refractivity (Wildman–Crippen MR) is 64.9 cm³/mol. The third kappa shape index (κ3) is 1.30. The molecule has 1 aromatic carbocycles. The molecule has 0 saturated heterocycles. The molecule has 2 heterocycles. The van der Waals surface area contributed by atoms with Gasteiger partial charge in [-0.3, -0.25) is 4.99 Å². The van der Waals surface area contributed by atoms with Gasteiger partial charge in [-0.2, -0.15) is 0 Å². The lowest BCUT2D eigenvalue weighted by Crippen LogP contribution is -1.87. The Bertz CT molecular complexity index is 559. The maximum absolute atomic E-state index is 5.44. The van der Waals surface area contributed by atoms with Crippen molar-refractivity contribution in [3.63, 3.8) is 0 Å². The minimum atomic E-state index is 0.818. The highest BCUT2D eigenvalue weighted by Crippen LogP contribution is 2.30. The molecule has 0 aliphatic carbocycles. The fourth-order valence-corrected chi connectivity index (χ4v) is 2.26. The van der Waals surface area contributed by atoms with Crippen molar-refractivity contribution in [3.8, 4) is 11.1 Å². The molecule has 2 aromatic rings. The van der Waals surface area contributed by atoms with E-state index in [2.05, 4.69) is 30.1 Å². The second-order valence-corrected chi connectivity index (χ2v) is 4.23. The topological polar surface area (TPSA) is 25.5 Å². The molecular weight excluding hydrogens is 198 g/mol. The van der Waals surface area contributed by atoms with Gasteiger partial charge in [0.15, 0.2) is 0 Å². The van der Waals surface area contributed by atoms with E-state index in [4.69, 9.17) is 4.42 Å². The number of nitrogens with zero attached hydrogens (tertiary/aromatic N) is 1. The Morgan fingerprint density at radius 3 is 2.88 bits per heavy atom. The van der Waals surface area contributed by atoms with Crippen LogP contribution in [0.1, 0.15) is 22.5 Å². The first-order valence-electron chi connectivity index (χ1n) is 5.43. The SMILES string of the molecule is Cc1coc(C)c1-c1ccc2c(c1)C=NC2. The molecular formula is C14H13NO. The lowest BCUT2D eigenvalue weighted by molar-refractivity contribution is 0.534. The number of aliphatic imine (C=N–C) groups is 1. The zero-order valence-electron chi connectivity index (χ0n) is 9.45. The molecule has 16 heavy (non-hydrogen) atoms. The van der Waals surface area contributed by atoms with Gasteiger partial charge in [-0.25, -0.2) is 0 Å². The van der Waals surface area contributed by atoms with E-state index in [1.165, 1.54) is 27.8 Å². The molecule has 1 aromatic heterocycles. The molecule has 0 fully saturated rings. The van der Waals surface area contributed by atoms with Crippen molar-refractivity contribution in [2.45, 2.75) is 20.4 Å². The molecule has 0 N–H and O–H groups in total. The molecule has 0 unspecified atom stereocenters. The third-order valence-electron chi connectivity index (χ3n) is 3.09. The van der Waals surface area contributed by atoms with Crippen molar-refractivity contribution >= 4 is 6.21 Å². The van der Waals surface area contributed by atoms with E-state index >= 15 is 0 Å². The molecule has 3 rings (SSSR count). The zero-order valence-corrected chi connectivity index (χ0v) is 9.45. The number of hydrogen-bond acceptors (Lipinski definition) is 2. The fourth-order valence-electron chi connectivity index (χ4n) is 2.26. The van der Waals surface area contributed by atoms with Crippen LogP contribution in [0, 0.1) is 13.8 Å². The van der Waals surface area contributed by atoms with Crippen LogP contribution in [0.2, 0.25) is 0 Å². The van der Waals surface area contributed by atoms with Crippen LogP contribution in [-0.2, 0) is 6.54 Å². The molecule has 80 valence electrons. The Labute approximate surface area is 94.6 Å².